The van der Waals surface area contributed by atoms with Gasteiger partial charge in [-0.25, -0.2) is 0 Å². The van der Waals surface area contributed by atoms with Crippen LogP contribution in [0.25, 0.3) is 10.6 Å². The molecular formula is C15H13ClN2O. The van der Waals surface area contributed by atoms with Gasteiger partial charge in [0.25, 0.3) is 0 Å². The predicted molar refractivity (Wildman–Crippen MR) is 75.4 cm³/mol. The fraction of sp³-hybridized carbons (Fsp3) is 0.200. The molecule has 2 aromatic heterocycles. The molecule has 0 amide bonds. The quantitative estimate of drug-likeness (QED) is 0.769. The third-order valence-corrected chi connectivity index (χ3v) is 3.46. The predicted octanol–water partition coefficient (Wildman–Crippen LogP) is 4.23. The standard InChI is InChI=1S/C15H13ClN2O/c1-9-10(2)19-11(3)14(9)15(16)13(8-17)12-4-6-18-7-5-12/h4-7H,1-3H3/b15-13+. The lowest BCUT2D eigenvalue weighted by molar-refractivity contribution is 0.502. The van der Waals surface area contributed by atoms with E-state index in [1.54, 1.807) is 24.5 Å². The molecule has 0 aliphatic heterocycles. The molecule has 0 atom stereocenters. The largest absolute Gasteiger partial charge is 0.466 e. The zero-order valence-corrected chi connectivity index (χ0v) is 11.7. The molecule has 19 heavy (non-hydrogen) atoms. The van der Waals surface area contributed by atoms with Crippen molar-refractivity contribution in [3.05, 3.63) is 52.7 Å². The van der Waals surface area contributed by atoms with Gasteiger partial charge in [0.2, 0.25) is 0 Å². The van der Waals surface area contributed by atoms with Gasteiger partial charge in [-0.2, -0.15) is 5.26 Å². The molecule has 0 aliphatic rings. The molecular weight excluding hydrogens is 260 g/mol. The molecule has 2 rings (SSSR count). The van der Waals surface area contributed by atoms with Gasteiger partial charge >= 0.3 is 0 Å². The second kappa shape index (κ2) is 5.29. The normalized spacial score (nSPS) is 11.9. The van der Waals surface area contributed by atoms with Crippen molar-refractivity contribution in [1.82, 2.24) is 4.98 Å². The SMILES string of the molecule is Cc1oc(C)c(/C(Cl)=C(/C#N)c2ccncc2)c1C. The summed E-state index contributed by atoms with van der Waals surface area (Å²) < 4.78 is 5.56. The summed E-state index contributed by atoms with van der Waals surface area (Å²) in [6, 6.07) is 5.68. The molecule has 0 fully saturated rings. The van der Waals surface area contributed by atoms with E-state index in [1.807, 2.05) is 20.8 Å². The van der Waals surface area contributed by atoms with Gasteiger partial charge in [0, 0.05) is 18.0 Å². The number of hydrogen-bond donors (Lipinski definition) is 0. The molecule has 0 spiro atoms. The number of allylic oxidation sites excluding steroid dienone is 1. The van der Waals surface area contributed by atoms with Gasteiger partial charge in [-0.1, -0.05) is 11.6 Å². The van der Waals surface area contributed by atoms with Crippen molar-refractivity contribution in [2.24, 2.45) is 0 Å². The number of aromatic nitrogens is 1. The second-order valence-electron chi connectivity index (χ2n) is 4.25. The first-order valence-electron chi connectivity index (χ1n) is 5.83. The highest BCUT2D eigenvalue weighted by atomic mass is 35.5. The lowest BCUT2D eigenvalue weighted by Gasteiger charge is -2.04. The Morgan fingerprint density at radius 1 is 1.21 bits per heavy atom. The summed E-state index contributed by atoms with van der Waals surface area (Å²) in [5.41, 5.74) is 2.94. The Bertz CT molecular complexity index is 678. The van der Waals surface area contributed by atoms with Crippen LogP contribution in [-0.4, -0.2) is 4.98 Å². The van der Waals surface area contributed by atoms with Gasteiger partial charge in [0.15, 0.2) is 0 Å². The fourth-order valence-corrected chi connectivity index (χ4v) is 2.43. The van der Waals surface area contributed by atoms with Crippen LogP contribution >= 0.6 is 11.6 Å². The Kier molecular flexibility index (Phi) is 3.73. The van der Waals surface area contributed by atoms with Crippen molar-refractivity contribution < 1.29 is 4.42 Å². The molecule has 0 saturated carbocycles. The van der Waals surface area contributed by atoms with Crippen LogP contribution in [0.3, 0.4) is 0 Å². The van der Waals surface area contributed by atoms with Crippen molar-refractivity contribution in [3.63, 3.8) is 0 Å². The number of hydrogen-bond acceptors (Lipinski definition) is 3. The number of aryl methyl sites for hydroxylation is 2. The minimum Gasteiger partial charge on any atom is -0.466 e. The molecule has 0 unspecified atom stereocenters. The molecule has 96 valence electrons. The Labute approximate surface area is 117 Å². The van der Waals surface area contributed by atoms with Crippen LogP contribution < -0.4 is 0 Å². The highest BCUT2D eigenvalue weighted by Gasteiger charge is 2.18. The maximum atomic E-state index is 9.36. The highest BCUT2D eigenvalue weighted by Crippen LogP contribution is 2.35. The summed E-state index contributed by atoms with van der Waals surface area (Å²) in [6.07, 6.45) is 3.27. The van der Waals surface area contributed by atoms with Gasteiger partial charge in [0.05, 0.1) is 10.6 Å². The zero-order chi connectivity index (χ0) is 14.0. The Morgan fingerprint density at radius 2 is 1.84 bits per heavy atom. The smallest absolute Gasteiger partial charge is 0.110 e. The van der Waals surface area contributed by atoms with E-state index in [4.69, 9.17) is 16.0 Å². The molecule has 0 N–H and O–H groups in total. The maximum Gasteiger partial charge on any atom is 0.110 e. The molecule has 2 aromatic rings. The van der Waals surface area contributed by atoms with Crippen LogP contribution in [0.1, 0.15) is 28.2 Å². The Hall–Kier alpha value is -2.05. The number of pyridine rings is 1. The van der Waals surface area contributed by atoms with Crippen LogP contribution in [0.15, 0.2) is 28.9 Å². The van der Waals surface area contributed by atoms with E-state index in [1.165, 1.54) is 0 Å². The first-order chi connectivity index (χ1) is 9.06. The maximum absolute atomic E-state index is 9.36. The molecule has 0 radical (unpaired) electrons. The third-order valence-electron chi connectivity index (χ3n) is 3.08. The number of furan rings is 1. The average Bonchev–Trinajstić information content (AvgIpc) is 2.65. The molecule has 0 aromatic carbocycles. The van der Waals surface area contributed by atoms with E-state index >= 15 is 0 Å². The molecule has 0 aliphatic carbocycles. The van der Waals surface area contributed by atoms with Gasteiger partial charge in [0.1, 0.15) is 17.6 Å². The zero-order valence-electron chi connectivity index (χ0n) is 11.0. The monoisotopic (exact) mass is 272 g/mol. The van der Waals surface area contributed by atoms with E-state index in [0.29, 0.717) is 10.6 Å². The summed E-state index contributed by atoms with van der Waals surface area (Å²) in [5, 5.41) is 9.77. The molecule has 0 saturated heterocycles. The Morgan fingerprint density at radius 3 is 2.32 bits per heavy atom. The summed E-state index contributed by atoms with van der Waals surface area (Å²) in [6.45, 7) is 5.67. The molecule has 2 heterocycles. The average molecular weight is 273 g/mol. The fourth-order valence-electron chi connectivity index (χ4n) is 2.00. The Balaban J connectivity index is 2.66. The van der Waals surface area contributed by atoms with Crippen molar-refractivity contribution in [3.8, 4) is 6.07 Å². The number of halogens is 1. The molecule has 3 nitrogen and oxygen atoms in total. The van der Waals surface area contributed by atoms with E-state index in [2.05, 4.69) is 11.1 Å². The summed E-state index contributed by atoms with van der Waals surface area (Å²) in [5.74, 6) is 1.54. The third kappa shape index (κ3) is 2.40. The molecule has 0 bridgehead atoms. The van der Waals surface area contributed by atoms with Crippen LogP contribution in [-0.2, 0) is 0 Å². The van der Waals surface area contributed by atoms with E-state index in [9.17, 15) is 5.26 Å². The summed E-state index contributed by atoms with van der Waals surface area (Å²) in [7, 11) is 0. The van der Waals surface area contributed by atoms with Crippen molar-refractivity contribution >= 4 is 22.2 Å². The minimum atomic E-state index is 0.417. The molecule has 4 heteroatoms. The number of rotatable bonds is 2. The first kappa shape index (κ1) is 13.4. The van der Waals surface area contributed by atoms with E-state index in [0.717, 1.165) is 28.2 Å². The summed E-state index contributed by atoms with van der Waals surface area (Å²) in [4.78, 5) is 3.94. The van der Waals surface area contributed by atoms with Crippen molar-refractivity contribution in [1.29, 1.82) is 5.26 Å². The minimum absolute atomic E-state index is 0.417. The van der Waals surface area contributed by atoms with Gasteiger partial charge in [-0.3, -0.25) is 4.98 Å². The van der Waals surface area contributed by atoms with E-state index in [-0.39, 0.29) is 0 Å². The number of nitrogens with zero attached hydrogens (tertiary/aromatic N) is 2. The lowest BCUT2D eigenvalue weighted by atomic mass is 10.0. The van der Waals surface area contributed by atoms with Crippen LogP contribution in [0, 0.1) is 32.1 Å². The summed E-state index contributed by atoms with van der Waals surface area (Å²) >= 11 is 6.41. The van der Waals surface area contributed by atoms with Crippen molar-refractivity contribution in [2.45, 2.75) is 20.8 Å². The lowest BCUT2D eigenvalue weighted by Crippen LogP contribution is -1.89. The van der Waals surface area contributed by atoms with Crippen molar-refractivity contribution in [2.75, 3.05) is 0 Å². The van der Waals surface area contributed by atoms with Crippen LogP contribution in [0.5, 0.6) is 0 Å². The van der Waals surface area contributed by atoms with Gasteiger partial charge in [-0.05, 0) is 44.0 Å². The van der Waals surface area contributed by atoms with Gasteiger partial charge in [-0.15, -0.1) is 0 Å². The highest BCUT2D eigenvalue weighted by molar-refractivity contribution is 6.53. The van der Waals surface area contributed by atoms with Gasteiger partial charge < -0.3 is 4.42 Å². The van der Waals surface area contributed by atoms with Crippen LogP contribution in [0.4, 0.5) is 0 Å². The van der Waals surface area contributed by atoms with Crippen LogP contribution in [0.2, 0.25) is 0 Å². The second-order valence-corrected chi connectivity index (χ2v) is 4.63. The number of nitriles is 1. The topological polar surface area (TPSA) is 49.8 Å². The van der Waals surface area contributed by atoms with E-state index < -0.39 is 0 Å². The first-order valence-corrected chi connectivity index (χ1v) is 6.21.